The van der Waals surface area contributed by atoms with E-state index in [1.165, 1.54) is 11.1 Å². The van der Waals surface area contributed by atoms with Gasteiger partial charge in [-0.3, -0.25) is 4.79 Å². The maximum absolute atomic E-state index is 12.0. The van der Waals surface area contributed by atoms with Crippen LogP contribution in [0.3, 0.4) is 0 Å². The Hall–Kier alpha value is -2.24. The van der Waals surface area contributed by atoms with E-state index in [0.29, 0.717) is 13.0 Å². The van der Waals surface area contributed by atoms with Crippen LogP contribution in [0.15, 0.2) is 18.2 Å². The number of carbonyl (C=O) groups excluding carboxylic acids is 2. The minimum Gasteiger partial charge on any atom is -0.399 e. The van der Waals surface area contributed by atoms with Gasteiger partial charge >= 0.3 is 6.03 Å². The maximum atomic E-state index is 12.0. The van der Waals surface area contributed by atoms with Crippen LogP contribution in [0.1, 0.15) is 49.3 Å². The Labute approximate surface area is 130 Å². The summed E-state index contributed by atoms with van der Waals surface area (Å²) in [7, 11) is 0. The van der Waals surface area contributed by atoms with Gasteiger partial charge in [0.1, 0.15) is 0 Å². The van der Waals surface area contributed by atoms with Crippen LogP contribution in [0.25, 0.3) is 0 Å². The lowest BCUT2D eigenvalue weighted by Gasteiger charge is -2.26. The van der Waals surface area contributed by atoms with E-state index in [1.807, 2.05) is 18.2 Å². The average molecular weight is 304 g/mol. The first-order valence-corrected chi connectivity index (χ1v) is 7.77. The number of aryl methyl sites for hydroxylation is 1. The fraction of sp³-hybridized carbons (Fsp3) is 0.500. The van der Waals surface area contributed by atoms with Crippen molar-refractivity contribution in [2.75, 3.05) is 12.3 Å². The Kier molecular flexibility index (Phi) is 5.63. The van der Waals surface area contributed by atoms with Crippen molar-refractivity contribution in [3.63, 3.8) is 0 Å². The molecule has 0 spiro atoms. The molecule has 1 unspecified atom stereocenters. The third-order valence-electron chi connectivity index (χ3n) is 3.95. The summed E-state index contributed by atoms with van der Waals surface area (Å²) >= 11 is 0. The molecule has 0 aliphatic heterocycles. The number of nitrogen functional groups attached to an aromatic ring is 1. The second-order valence-electron chi connectivity index (χ2n) is 5.72. The number of nitrogens with two attached hydrogens (primary N) is 2. The molecule has 0 saturated carbocycles. The highest BCUT2D eigenvalue weighted by molar-refractivity contribution is 5.76. The molecular weight excluding hydrogens is 280 g/mol. The zero-order valence-corrected chi connectivity index (χ0v) is 12.7. The Bertz CT molecular complexity index is 545. The third kappa shape index (κ3) is 4.65. The van der Waals surface area contributed by atoms with Crippen LogP contribution in [0.4, 0.5) is 10.5 Å². The zero-order valence-electron chi connectivity index (χ0n) is 12.7. The Morgan fingerprint density at radius 3 is 2.86 bits per heavy atom. The number of rotatable bonds is 6. The SMILES string of the molecule is NC(=O)NCCCCC(=O)NC1CCCc2cc(N)ccc21. The van der Waals surface area contributed by atoms with Crippen molar-refractivity contribution >= 4 is 17.6 Å². The maximum Gasteiger partial charge on any atom is 0.312 e. The van der Waals surface area contributed by atoms with E-state index in [-0.39, 0.29) is 11.9 Å². The van der Waals surface area contributed by atoms with E-state index >= 15 is 0 Å². The third-order valence-corrected chi connectivity index (χ3v) is 3.95. The first kappa shape index (κ1) is 16.1. The number of hydrogen-bond acceptors (Lipinski definition) is 3. The Morgan fingerprint density at radius 1 is 1.27 bits per heavy atom. The molecule has 120 valence electrons. The molecule has 1 aromatic rings. The van der Waals surface area contributed by atoms with Gasteiger partial charge in [-0.25, -0.2) is 4.79 Å². The molecule has 0 saturated heterocycles. The molecule has 1 atom stereocenters. The van der Waals surface area contributed by atoms with Gasteiger partial charge in [-0.1, -0.05) is 6.07 Å². The second kappa shape index (κ2) is 7.68. The van der Waals surface area contributed by atoms with Gasteiger partial charge in [-0.15, -0.1) is 0 Å². The largest absolute Gasteiger partial charge is 0.399 e. The van der Waals surface area contributed by atoms with Gasteiger partial charge in [-0.05, 0) is 55.4 Å². The van der Waals surface area contributed by atoms with Gasteiger partial charge in [0.25, 0.3) is 0 Å². The number of urea groups is 1. The van der Waals surface area contributed by atoms with Crippen LogP contribution in [-0.4, -0.2) is 18.5 Å². The minimum absolute atomic E-state index is 0.0498. The van der Waals surface area contributed by atoms with Gasteiger partial charge < -0.3 is 22.1 Å². The highest BCUT2D eigenvalue weighted by Crippen LogP contribution is 2.31. The molecule has 6 heteroatoms. The number of primary amides is 1. The molecule has 0 fully saturated rings. The predicted octanol–water partition coefficient (Wildman–Crippen LogP) is 1.60. The number of hydrogen-bond donors (Lipinski definition) is 4. The van der Waals surface area contributed by atoms with E-state index in [2.05, 4.69) is 10.6 Å². The summed E-state index contributed by atoms with van der Waals surface area (Å²) in [6.45, 7) is 0.508. The second-order valence-corrected chi connectivity index (χ2v) is 5.72. The van der Waals surface area contributed by atoms with Crippen LogP contribution in [-0.2, 0) is 11.2 Å². The molecular formula is C16H24N4O2. The van der Waals surface area contributed by atoms with E-state index in [0.717, 1.165) is 37.8 Å². The first-order chi connectivity index (χ1) is 10.6. The molecule has 3 amide bonds. The molecule has 1 aliphatic carbocycles. The van der Waals surface area contributed by atoms with Crippen molar-refractivity contribution in [1.29, 1.82) is 0 Å². The highest BCUT2D eigenvalue weighted by atomic mass is 16.2. The number of benzene rings is 1. The molecule has 2 rings (SSSR count). The number of fused-ring (bicyclic) bond motifs is 1. The Balaban J connectivity index is 1.79. The fourth-order valence-corrected chi connectivity index (χ4v) is 2.87. The average Bonchev–Trinajstić information content (AvgIpc) is 2.46. The van der Waals surface area contributed by atoms with Crippen molar-refractivity contribution in [2.45, 2.75) is 44.6 Å². The van der Waals surface area contributed by atoms with Crippen LogP contribution in [0, 0.1) is 0 Å². The number of nitrogens with one attached hydrogen (secondary N) is 2. The monoisotopic (exact) mass is 304 g/mol. The molecule has 0 aromatic heterocycles. The van der Waals surface area contributed by atoms with Crippen LogP contribution in [0.2, 0.25) is 0 Å². The molecule has 6 nitrogen and oxygen atoms in total. The molecule has 1 aromatic carbocycles. The quantitative estimate of drug-likeness (QED) is 0.473. The van der Waals surface area contributed by atoms with E-state index in [9.17, 15) is 9.59 Å². The molecule has 1 aliphatic rings. The van der Waals surface area contributed by atoms with Crippen molar-refractivity contribution in [2.24, 2.45) is 5.73 Å². The molecule has 22 heavy (non-hydrogen) atoms. The van der Waals surface area contributed by atoms with Crippen LogP contribution in [0.5, 0.6) is 0 Å². The summed E-state index contributed by atoms with van der Waals surface area (Å²) < 4.78 is 0. The summed E-state index contributed by atoms with van der Waals surface area (Å²) in [5.41, 5.74) is 14.0. The Morgan fingerprint density at radius 2 is 2.09 bits per heavy atom. The summed E-state index contributed by atoms with van der Waals surface area (Å²) in [5.74, 6) is 0.0498. The number of amides is 3. The lowest BCUT2D eigenvalue weighted by Crippen LogP contribution is -2.31. The van der Waals surface area contributed by atoms with E-state index < -0.39 is 6.03 Å². The lowest BCUT2D eigenvalue weighted by molar-refractivity contribution is -0.122. The molecule has 0 heterocycles. The number of anilines is 1. The van der Waals surface area contributed by atoms with Crippen LogP contribution < -0.4 is 22.1 Å². The standard InChI is InChI=1S/C16H24N4O2/c17-12-7-8-13-11(10-12)4-3-5-14(13)20-15(21)6-1-2-9-19-16(18)22/h7-8,10,14H,1-6,9,17H2,(H,20,21)(H3,18,19,22). The van der Waals surface area contributed by atoms with E-state index in [1.54, 1.807) is 0 Å². The predicted molar refractivity (Wildman–Crippen MR) is 86.1 cm³/mol. The zero-order chi connectivity index (χ0) is 15.9. The fourth-order valence-electron chi connectivity index (χ4n) is 2.87. The van der Waals surface area contributed by atoms with Crippen molar-refractivity contribution in [3.8, 4) is 0 Å². The van der Waals surface area contributed by atoms with Gasteiger partial charge in [0.15, 0.2) is 0 Å². The van der Waals surface area contributed by atoms with Gasteiger partial charge in [0, 0.05) is 18.7 Å². The number of unbranched alkanes of at least 4 members (excludes halogenated alkanes) is 1. The molecule has 0 bridgehead atoms. The summed E-state index contributed by atoms with van der Waals surface area (Å²) in [5, 5.41) is 5.62. The highest BCUT2D eigenvalue weighted by Gasteiger charge is 2.21. The summed E-state index contributed by atoms with van der Waals surface area (Å²) in [4.78, 5) is 22.6. The van der Waals surface area contributed by atoms with Gasteiger partial charge in [0.05, 0.1) is 6.04 Å². The van der Waals surface area contributed by atoms with Gasteiger partial charge in [0.2, 0.25) is 5.91 Å². The number of carbonyl (C=O) groups is 2. The van der Waals surface area contributed by atoms with Crippen molar-refractivity contribution < 1.29 is 9.59 Å². The lowest BCUT2D eigenvalue weighted by atomic mass is 9.87. The normalized spacial score (nSPS) is 16.6. The topological polar surface area (TPSA) is 110 Å². The molecule has 6 N–H and O–H groups in total. The first-order valence-electron chi connectivity index (χ1n) is 7.77. The van der Waals surface area contributed by atoms with Gasteiger partial charge in [-0.2, -0.15) is 0 Å². The smallest absolute Gasteiger partial charge is 0.312 e. The molecule has 0 radical (unpaired) electrons. The minimum atomic E-state index is -0.525. The summed E-state index contributed by atoms with van der Waals surface area (Å²) in [6.07, 6.45) is 4.98. The summed E-state index contributed by atoms with van der Waals surface area (Å²) in [6, 6.07) is 5.47. The van der Waals surface area contributed by atoms with Crippen LogP contribution >= 0.6 is 0 Å². The van der Waals surface area contributed by atoms with Crippen molar-refractivity contribution in [3.05, 3.63) is 29.3 Å². The van der Waals surface area contributed by atoms with Crippen molar-refractivity contribution in [1.82, 2.24) is 10.6 Å². The van der Waals surface area contributed by atoms with E-state index in [4.69, 9.17) is 11.5 Å².